The Morgan fingerprint density at radius 3 is 2.74 bits per heavy atom. The number of unbranched alkanes of at least 4 members (excludes halogenated alkanes) is 1. The molecule has 0 aliphatic heterocycles. The summed E-state index contributed by atoms with van der Waals surface area (Å²) in [7, 11) is 1.77. The number of imidazole rings is 1. The number of aryl methyl sites for hydroxylation is 2. The molecule has 1 aliphatic carbocycles. The smallest absolute Gasteiger partial charge is 0.325 e. The van der Waals surface area contributed by atoms with Gasteiger partial charge in [-0.05, 0) is 62.8 Å². The third-order valence-corrected chi connectivity index (χ3v) is 6.58. The highest BCUT2D eigenvalue weighted by atomic mass is 16.5. The number of benzene rings is 1. The molecule has 35 heavy (non-hydrogen) atoms. The number of aromatic nitrogens is 3. The standard InChI is InChI=1S/C27H36N4O4/c1-5-6-11-35-27(34)24(18(3)32)28-14-20-9-10-22-23(13-20)31(15-19-7-8-19)25(29-22)21-12-17(2)26(33)30(4)16-21/h9-10,12-13,16,18-19,24,28,32H,5-8,11,14-15H2,1-4H3. The van der Waals surface area contributed by atoms with Crippen LogP contribution in [-0.4, -0.2) is 43.9 Å². The Balaban J connectivity index is 1.61. The Kier molecular flexibility index (Phi) is 7.72. The molecule has 1 fully saturated rings. The van der Waals surface area contributed by atoms with Crippen molar-refractivity contribution in [3.63, 3.8) is 0 Å². The first-order valence-corrected chi connectivity index (χ1v) is 12.5. The van der Waals surface area contributed by atoms with Gasteiger partial charge in [-0.15, -0.1) is 0 Å². The predicted octanol–water partition coefficient (Wildman–Crippen LogP) is 3.30. The van der Waals surface area contributed by atoms with Crippen LogP contribution < -0.4 is 10.9 Å². The molecule has 3 aromatic rings. The maximum Gasteiger partial charge on any atom is 0.325 e. The molecule has 0 bridgehead atoms. The molecule has 8 heteroatoms. The number of fused-ring (bicyclic) bond motifs is 1. The van der Waals surface area contributed by atoms with Crippen molar-refractivity contribution in [2.45, 2.75) is 71.7 Å². The number of ether oxygens (including phenoxy) is 1. The van der Waals surface area contributed by atoms with E-state index in [1.807, 2.05) is 38.2 Å². The quantitative estimate of drug-likeness (QED) is 0.323. The van der Waals surface area contributed by atoms with Crippen molar-refractivity contribution < 1.29 is 14.6 Å². The molecule has 2 heterocycles. The number of carbonyl (C=O) groups is 1. The molecule has 188 valence electrons. The Hall–Kier alpha value is -2.97. The highest BCUT2D eigenvalue weighted by molar-refractivity contribution is 5.81. The van der Waals surface area contributed by atoms with Gasteiger partial charge in [-0.1, -0.05) is 19.4 Å². The summed E-state index contributed by atoms with van der Waals surface area (Å²) in [6, 6.07) is 7.19. The van der Waals surface area contributed by atoms with Crippen LogP contribution in [0.25, 0.3) is 22.4 Å². The molecule has 4 rings (SSSR count). The van der Waals surface area contributed by atoms with Gasteiger partial charge in [0.25, 0.3) is 5.56 Å². The molecule has 0 saturated heterocycles. The van der Waals surface area contributed by atoms with E-state index in [-0.39, 0.29) is 5.56 Å². The molecule has 2 N–H and O–H groups in total. The largest absolute Gasteiger partial charge is 0.464 e. The fourth-order valence-corrected chi connectivity index (χ4v) is 4.33. The van der Waals surface area contributed by atoms with E-state index in [0.717, 1.165) is 47.4 Å². The topological polar surface area (TPSA) is 98.4 Å². The van der Waals surface area contributed by atoms with Crippen molar-refractivity contribution in [3.05, 3.63) is 51.9 Å². The first-order chi connectivity index (χ1) is 16.8. The van der Waals surface area contributed by atoms with Crippen LogP contribution in [0.1, 0.15) is 50.7 Å². The lowest BCUT2D eigenvalue weighted by Gasteiger charge is -2.20. The molecule has 8 nitrogen and oxygen atoms in total. The minimum absolute atomic E-state index is 0.00662. The van der Waals surface area contributed by atoms with Gasteiger partial charge >= 0.3 is 5.97 Å². The Bertz CT molecular complexity index is 1230. The number of esters is 1. The van der Waals surface area contributed by atoms with Gasteiger partial charge in [0.15, 0.2) is 0 Å². The maximum atomic E-state index is 12.4. The molecule has 2 atom stereocenters. The molecule has 2 unspecified atom stereocenters. The van der Waals surface area contributed by atoms with E-state index in [0.29, 0.717) is 24.6 Å². The molecular formula is C27H36N4O4. The third kappa shape index (κ3) is 5.82. The highest BCUT2D eigenvalue weighted by Gasteiger charge is 2.26. The fourth-order valence-electron chi connectivity index (χ4n) is 4.33. The van der Waals surface area contributed by atoms with Gasteiger partial charge in [-0.3, -0.25) is 14.9 Å². The van der Waals surface area contributed by atoms with Gasteiger partial charge < -0.3 is 19.0 Å². The summed E-state index contributed by atoms with van der Waals surface area (Å²) < 4.78 is 9.17. The van der Waals surface area contributed by atoms with Crippen molar-refractivity contribution >= 4 is 17.0 Å². The average Bonchev–Trinajstić information content (AvgIpc) is 3.57. The minimum Gasteiger partial charge on any atom is -0.464 e. The van der Waals surface area contributed by atoms with Gasteiger partial charge in [0.2, 0.25) is 0 Å². The van der Waals surface area contributed by atoms with Gasteiger partial charge in [0.1, 0.15) is 11.9 Å². The number of pyridine rings is 1. The van der Waals surface area contributed by atoms with E-state index in [2.05, 4.69) is 16.0 Å². The lowest BCUT2D eigenvalue weighted by molar-refractivity contribution is -0.149. The van der Waals surface area contributed by atoms with Crippen molar-refractivity contribution in [2.75, 3.05) is 6.61 Å². The van der Waals surface area contributed by atoms with Crippen LogP contribution in [0, 0.1) is 12.8 Å². The molecule has 0 amide bonds. The number of nitrogens with one attached hydrogen (secondary N) is 1. The first-order valence-electron chi connectivity index (χ1n) is 12.5. The first kappa shape index (κ1) is 25.1. The second kappa shape index (κ2) is 10.7. The van der Waals surface area contributed by atoms with Crippen LogP contribution in [-0.2, 0) is 29.7 Å². The highest BCUT2D eigenvalue weighted by Crippen LogP contribution is 2.34. The number of hydrogen-bond acceptors (Lipinski definition) is 6. The SMILES string of the molecule is CCCCOC(=O)C(NCc1ccc2nc(-c3cc(C)c(=O)n(C)c3)n(CC3CC3)c2c1)C(C)O. The van der Waals surface area contributed by atoms with E-state index in [4.69, 9.17) is 9.72 Å². The van der Waals surface area contributed by atoms with Crippen LogP contribution in [0.15, 0.2) is 35.3 Å². The van der Waals surface area contributed by atoms with Crippen molar-refractivity contribution in [1.29, 1.82) is 0 Å². The lowest BCUT2D eigenvalue weighted by atomic mass is 10.1. The second-order valence-corrected chi connectivity index (χ2v) is 9.76. The summed E-state index contributed by atoms with van der Waals surface area (Å²) in [6.07, 6.45) is 5.14. The normalized spacial score (nSPS) is 15.3. The summed E-state index contributed by atoms with van der Waals surface area (Å²) in [4.78, 5) is 29.6. The van der Waals surface area contributed by atoms with Crippen LogP contribution in [0.2, 0.25) is 0 Å². The minimum atomic E-state index is -0.868. The lowest BCUT2D eigenvalue weighted by Crippen LogP contribution is -2.45. The summed E-state index contributed by atoms with van der Waals surface area (Å²) in [5.41, 5.74) is 4.51. The summed E-state index contributed by atoms with van der Waals surface area (Å²) in [5, 5.41) is 13.3. The van der Waals surface area contributed by atoms with Crippen molar-refractivity contribution in [2.24, 2.45) is 13.0 Å². The van der Waals surface area contributed by atoms with E-state index < -0.39 is 18.1 Å². The number of aliphatic hydroxyl groups excluding tert-OH is 1. The van der Waals surface area contributed by atoms with Gasteiger partial charge in [0.05, 0.1) is 23.7 Å². The molecule has 2 aromatic heterocycles. The van der Waals surface area contributed by atoms with Crippen molar-refractivity contribution in [3.8, 4) is 11.4 Å². The van der Waals surface area contributed by atoms with E-state index in [1.54, 1.807) is 18.5 Å². The zero-order valence-corrected chi connectivity index (χ0v) is 21.1. The number of aliphatic hydroxyl groups is 1. The Morgan fingerprint density at radius 2 is 2.09 bits per heavy atom. The Morgan fingerprint density at radius 1 is 1.31 bits per heavy atom. The van der Waals surface area contributed by atoms with E-state index in [1.165, 1.54) is 12.8 Å². The fraction of sp³-hybridized carbons (Fsp3) is 0.519. The number of rotatable bonds is 11. The predicted molar refractivity (Wildman–Crippen MR) is 136 cm³/mol. The molecule has 0 spiro atoms. The average molecular weight is 481 g/mol. The second-order valence-electron chi connectivity index (χ2n) is 9.76. The molecule has 1 aromatic carbocycles. The van der Waals surface area contributed by atoms with Gasteiger partial charge in [-0.2, -0.15) is 0 Å². The molecule has 1 aliphatic rings. The Labute approximate surface area is 205 Å². The van der Waals surface area contributed by atoms with E-state index >= 15 is 0 Å². The molecule has 0 radical (unpaired) electrons. The van der Waals surface area contributed by atoms with Crippen LogP contribution in [0.3, 0.4) is 0 Å². The van der Waals surface area contributed by atoms with Crippen LogP contribution in [0.5, 0.6) is 0 Å². The zero-order valence-electron chi connectivity index (χ0n) is 21.1. The van der Waals surface area contributed by atoms with E-state index in [9.17, 15) is 14.7 Å². The maximum absolute atomic E-state index is 12.4. The molecule has 1 saturated carbocycles. The summed E-state index contributed by atoms with van der Waals surface area (Å²) in [5.74, 6) is 1.07. The summed E-state index contributed by atoms with van der Waals surface area (Å²) in [6.45, 7) is 7.11. The zero-order chi connectivity index (χ0) is 25.1. The molecular weight excluding hydrogens is 444 g/mol. The summed E-state index contributed by atoms with van der Waals surface area (Å²) >= 11 is 0. The van der Waals surface area contributed by atoms with Crippen LogP contribution >= 0.6 is 0 Å². The number of carbonyl (C=O) groups excluding carboxylic acids is 1. The van der Waals surface area contributed by atoms with Crippen LogP contribution in [0.4, 0.5) is 0 Å². The number of hydrogen-bond donors (Lipinski definition) is 2. The van der Waals surface area contributed by atoms with Crippen molar-refractivity contribution in [1.82, 2.24) is 19.4 Å². The third-order valence-electron chi connectivity index (χ3n) is 6.58. The van der Waals surface area contributed by atoms with Gasteiger partial charge in [-0.25, -0.2) is 4.98 Å². The van der Waals surface area contributed by atoms with Gasteiger partial charge in [0, 0.05) is 37.5 Å². The monoisotopic (exact) mass is 480 g/mol. The number of nitrogens with zero attached hydrogens (tertiary/aromatic N) is 3.